The summed E-state index contributed by atoms with van der Waals surface area (Å²) in [7, 11) is 0. The standard InChI is InChI=1S/C21H21FN6O2/c22-16-4-2-15(3-5-16)17-14-23-28-18-6-9-27(21(29)19(18)24-25-20(17)28)8-1-7-26-10-12-30-13-11-26/h2-6,9,14H,1,7-8,10-13H2. The molecular weight excluding hydrogens is 387 g/mol. The summed E-state index contributed by atoms with van der Waals surface area (Å²) in [6, 6.07) is 7.97. The molecule has 154 valence electrons. The molecule has 0 atom stereocenters. The number of morpholine rings is 1. The van der Waals surface area contributed by atoms with E-state index in [1.807, 2.05) is 6.07 Å². The highest BCUT2D eigenvalue weighted by Gasteiger charge is 2.15. The summed E-state index contributed by atoms with van der Waals surface area (Å²) >= 11 is 0. The average molecular weight is 408 g/mol. The molecular formula is C21H21FN6O2. The molecule has 0 radical (unpaired) electrons. The maximum atomic E-state index is 13.2. The lowest BCUT2D eigenvalue weighted by Gasteiger charge is -2.26. The smallest absolute Gasteiger partial charge is 0.280 e. The van der Waals surface area contributed by atoms with Crippen LogP contribution in [0.5, 0.6) is 0 Å². The van der Waals surface area contributed by atoms with Crippen molar-refractivity contribution >= 4 is 16.7 Å². The van der Waals surface area contributed by atoms with Gasteiger partial charge in [0.2, 0.25) is 0 Å². The van der Waals surface area contributed by atoms with Crippen molar-refractivity contribution in [2.24, 2.45) is 0 Å². The van der Waals surface area contributed by atoms with Gasteiger partial charge in [0.1, 0.15) is 11.3 Å². The van der Waals surface area contributed by atoms with E-state index in [1.54, 1.807) is 33.6 Å². The number of halogens is 1. The normalized spacial score (nSPS) is 15.2. The summed E-state index contributed by atoms with van der Waals surface area (Å²) < 4.78 is 21.9. The maximum Gasteiger partial charge on any atom is 0.280 e. The van der Waals surface area contributed by atoms with Crippen LogP contribution in [0.4, 0.5) is 4.39 Å². The van der Waals surface area contributed by atoms with Crippen LogP contribution in [0.15, 0.2) is 47.5 Å². The Morgan fingerprint density at radius 3 is 2.63 bits per heavy atom. The van der Waals surface area contributed by atoms with Gasteiger partial charge in [0, 0.05) is 37.9 Å². The molecule has 4 aromatic rings. The number of benzene rings is 1. The highest BCUT2D eigenvalue weighted by Crippen LogP contribution is 2.24. The third kappa shape index (κ3) is 3.46. The van der Waals surface area contributed by atoms with E-state index in [-0.39, 0.29) is 16.9 Å². The molecule has 30 heavy (non-hydrogen) atoms. The van der Waals surface area contributed by atoms with E-state index in [1.165, 1.54) is 12.1 Å². The Morgan fingerprint density at radius 1 is 1.03 bits per heavy atom. The summed E-state index contributed by atoms with van der Waals surface area (Å²) in [6.45, 7) is 4.96. The fourth-order valence-electron chi connectivity index (χ4n) is 3.83. The van der Waals surface area contributed by atoms with E-state index in [2.05, 4.69) is 20.2 Å². The van der Waals surface area contributed by atoms with Crippen molar-refractivity contribution in [1.29, 1.82) is 0 Å². The van der Waals surface area contributed by atoms with Crippen molar-refractivity contribution in [3.63, 3.8) is 0 Å². The van der Waals surface area contributed by atoms with Crippen LogP contribution in [-0.2, 0) is 11.3 Å². The Kier molecular flexibility index (Phi) is 4.97. The largest absolute Gasteiger partial charge is 0.379 e. The van der Waals surface area contributed by atoms with Gasteiger partial charge < -0.3 is 9.30 Å². The van der Waals surface area contributed by atoms with E-state index >= 15 is 0 Å². The minimum Gasteiger partial charge on any atom is -0.379 e. The highest BCUT2D eigenvalue weighted by molar-refractivity contribution is 5.82. The van der Waals surface area contributed by atoms with E-state index in [0.29, 0.717) is 17.7 Å². The van der Waals surface area contributed by atoms with Crippen molar-refractivity contribution in [3.05, 3.63) is 58.9 Å². The number of fused-ring (bicyclic) bond motifs is 3. The van der Waals surface area contributed by atoms with E-state index in [9.17, 15) is 9.18 Å². The quantitative estimate of drug-likeness (QED) is 0.503. The number of nitrogens with zero attached hydrogens (tertiary/aromatic N) is 6. The second-order valence-electron chi connectivity index (χ2n) is 7.36. The fourth-order valence-corrected chi connectivity index (χ4v) is 3.83. The Hall–Kier alpha value is -3.17. The summed E-state index contributed by atoms with van der Waals surface area (Å²) in [4.78, 5) is 15.3. The minimum atomic E-state index is -0.305. The van der Waals surface area contributed by atoms with Gasteiger partial charge in [-0.15, -0.1) is 10.2 Å². The van der Waals surface area contributed by atoms with Gasteiger partial charge in [-0.1, -0.05) is 12.1 Å². The molecule has 0 bridgehead atoms. The lowest BCUT2D eigenvalue weighted by molar-refractivity contribution is 0.0369. The number of pyridine rings is 1. The van der Waals surface area contributed by atoms with Crippen LogP contribution in [0.2, 0.25) is 0 Å². The monoisotopic (exact) mass is 408 g/mol. The number of aryl methyl sites for hydroxylation is 1. The zero-order chi connectivity index (χ0) is 20.5. The number of aromatic nitrogens is 5. The van der Waals surface area contributed by atoms with Gasteiger partial charge in [0.15, 0.2) is 11.2 Å². The van der Waals surface area contributed by atoms with Crippen LogP contribution in [0.25, 0.3) is 27.8 Å². The van der Waals surface area contributed by atoms with Crippen molar-refractivity contribution in [3.8, 4) is 11.1 Å². The molecule has 0 N–H and O–H groups in total. The first-order valence-corrected chi connectivity index (χ1v) is 10.0. The van der Waals surface area contributed by atoms with Gasteiger partial charge in [-0.05, 0) is 30.2 Å². The first-order chi connectivity index (χ1) is 14.7. The summed E-state index contributed by atoms with van der Waals surface area (Å²) in [5.74, 6) is -0.305. The molecule has 8 nitrogen and oxygen atoms in total. The molecule has 1 aliphatic heterocycles. The van der Waals surface area contributed by atoms with E-state index in [0.717, 1.165) is 50.4 Å². The molecule has 1 aliphatic rings. The average Bonchev–Trinajstić information content (AvgIpc) is 3.21. The molecule has 1 saturated heterocycles. The molecule has 0 unspecified atom stereocenters. The van der Waals surface area contributed by atoms with Gasteiger partial charge >= 0.3 is 0 Å². The molecule has 0 spiro atoms. The van der Waals surface area contributed by atoms with Crippen LogP contribution in [0.3, 0.4) is 0 Å². The predicted molar refractivity (Wildman–Crippen MR) is 110 cm³/mol. The topological polar surface area (TPSA) is 77.6 Å². The SMILES string of the molecule is O=c1c2nnc3c(-c4ccc(F)cc4)cnn3c2ccn1CCCN1CCOCC1. The van der Waals surface area contributed by atoms with Crippen LogP contribution < -0.4 is 5.56 Å². The van der Waals surface area contributed by atoms with Crippen LogP contribution in [0, 0.1) is 5.82 Å². The van der Waals surface area contributed by atoms with Crippen molar-refractivity contribution in [1.82, 2.24) is 29.3 Å². The molecule has 4 heterocycles. The lowest BCUT2D eigenvalue weighted by atomic mass is 10.1. The Balaban J connectivity index is 1.43. The number of hydrogen-bond acceptors (Lipinski definition) is 6. The zero-order valence-corrected chi connectivity index (χ0v) is 16.4. The second kappa shape index (κ2) is 7.92. The van der Waals surface area contributed by atoms with Crippen LogP contribution in [-0.4, -0.2) is 62.1 Å². The van der Waals surface area contributed by atoms with Crippen molar-refractivity contribution in [2.75, 3.05) is 32.8 Å². The van der Waals surface area contributed by atoms with E-state index in [4.69, 9.17) is 4.74 Å². The Morgan fingerprint density at radius 2 is 1.83 bits per heavy atom. The molecule has 1 aromatic carbocycles. The molecule has 0 aliphatic carbocycles. The number of ether oxygens (including phenoxy) is 1. The van der Waals surface area contributed by atoms with Crippen LogP contribution in [0.1, 0.15) is 6.42 Å². The van der Waals surface area contributed by atoms with Gasteiger partial charge in [-0.3, -0.25) is 9.69 Å². The second-order valence-corrected chi connectivity index (χ2v) is 7.36. The number of hydrogen-bond donors (Lipinski definition) is 0. The third-order valence-electron chi connectivity index (χ3n) is 5.47. The lowest BCUT2D eigenvalue weighted by Crippen LogP contribution is -2.37. The molecule has 0 amide bonds. The van der Waals surface area contributed by atoms with Gasteiger partial charge in [0.25, 0.3) is 5.56 Å². The fraction of sp³-hybridized carbons (Fsp3) is 0.333. The highest BCUT2D eigenvalue weighted by atomic mass is 19.1. The third-order valence-corrected chi connectivity index (χ3v) is 5.47. The predicted octanol–water partition coefficient (Wildman–Crippen LogP) is 1.97. The zero-order valence-electron chi connectivity index (χ0n) is 16.4. The first kappa shape index (κ1) is 18.8. The van der Waals surface area contributed by atoms with Gasteiger partial charge in [-0.2, -0.15) is 5.10 Å². The molecule has 9 heteroatoms. The van der Waals surface area contributed by atoms with Crippen molar-refractivity contribution < 1.29 is 9.13 Å². The number of rotatable bonds is 5. The molecule has 3 aromatic heterocycles. The first-order valence-electron chi connectivity index (χ1n) is 10.0. The summed E-state index contributed by atoms with van der Waals surface area (Å²) in [5, 5.41) is 12.8. The summed E-state index contributed by atoms with van der Waals surface area (Å²) in [6.07, 6.45) is 4.31. The Labute approximate surface area is 171 Å². The summed E-state index contributed by atoms with van der Waals surface area (Å²) in [5.41, 5.74) is 2.75. The van der Waals surface area contributed by atoms with Gasteiger partial charge in [-0.25, -0.2) is 8.91 Å². The molecule has 5 rings (SSSR count). The molecule has 0 saturated carbocycles. The van der Waals surface area contributed by atoms with E-state index < -0.39 is 0 Å². The minimum absolute atomic E-state index is 0.178. The van der Waals surface area contributed by atoms with Crippen LogP contribution >= 0.6 is 0 Å². The molecule has 1 fully saturated rings. The maximum absolute atomic E-state index is 13.2. The van der Waals surface area contributed by atoms with Gasteiger partial charge in [0.05, 0.1) is 19.4 Å². The Bertz CT molecular complexity index is 1240. The van der Waals surface area contributed by atoms with Crippen molar-refractivity contribution in [2.45, 2.75) is 13.0 Å².